The number of carbonyl (C=O) groups is 1. The Kier molecular flexibility index (Phi) is 7.80. The van der Waals surface area contributed by atoms with Crippen molar-refractivity contribution in [1.29, 1.82) is 0 Å². The number of phenols is 1. The Balaban J connectivity index is 1.73. The van der Waals surface area contributed by atoms with Crippen LogP contribution in [0.4, 0.5) is 30.7 Å². The molecule has 0 bridgehead atoms. The number of halogens is 7. The molecule has 0 saturated carbocycles. The number of fused-ring (bicyclic) bond motifs is 1. The molecular formula is C25H20F7NO6. The molecule has 1 fully saturated rings. The van der Waals surface area contributed by atoms with Crippen LogP contribution in [-0.4, -0.2) is 49.8 Å². The molecule has 0 unspecified atom stereocenters. The first kappa shape index (κ1) is 28.2. The van der Waals surface area contributed by atoms with Crippen LogP contribution < -0.4 is 14.8 Å². The van der Waals surface area contributed by atoms with Gasteiger partial charge in [-0.1, -0.05) is 6.07 Å². The average molecular weight is 563 g/mol. The van der Waals surface area contributed by atoms with Gasteiger partial charge in [0.05, 0.1) is 26.2 Å². The molecule has 1 aliphatic heterocycles. The number of benzene rings is 2. The minimum atomic E-state index is -5.33. The van der Waals surface area contributed by atoms with Gasteiger partial charge in [-0.25, -0.2) is 4.39 Å². The van der Waals surface area contributed by atoms with Crippen molar-refractivity contribution in [2.75, 3.05) is 19.8 Å². The van der Waals surface area contributed by atoms with E-state index in [2.05, 4.69) is 14.8 Å². The van der Waals surface area contributed by atoms with Crippen molar-refractivity contribution >= 4 is 23.1 Å². The zero-order valence-corrected chi connectivity index (χ0v) is 20.0. The van der Waals surface area contributed by atoms with E-state index in [-0.39, 0.29) is 24.1 Å². The van der Waals surface area contributed by atoms with Crippen LogP contribution in [0.25, 0.3) is 17.2 Å². The van der Waals surface area contributed by atoms with Crippen LogP contribution in [0.3, 0.4) is 0 Å². The van der Waals surface area contributed by atoms with Crippen LogP contribution in [0, 0.1) is 5.82 Å². The third-order valence-electron chi connectivity index (χ3n) is 5.77. The maximum absolute atomic E-state index is 14.1. The Bertz CT molecular complexity index is 1290. The molecule has 0 aromatic heterocycles. The summed E-state index contributed by atoms with van der Waals surface area (Å²) in [6.07, 6.45) is -10.3. The molecule has 2 N–H and O–H groups in total. The molecule has 1 amide bonds. The lowest BCUT2D eigenvalue weighted by Crippen LogP contribution is -2.32. The molecule has 39 heavy (non-hydrogen) atoms. The normalized spacial score (nSPS) is 17.1. The summed E-state index contributed by atoms with van der Waals surface area (Å²) in [5.74, 6) is -5.25. The highest BCUT2D eigenvalue weighted by atomic mass is 19.4. The molecule has 1 saturated heterocycles. The maximum atomic E-state index is 14.1. The summed E-state index contributed by atoms with van der Waals surface area (Å²) in [7, 11) is 0. The van der Waals surface area contributed by atoms with E-state index in [1.807, 2.05) is 0 Å². The first-order chi connectivity index (χ1) is 18.2. The molecule has 4 rings (SSSR count). The molecule has 2 aliphatic rings. The van der Waals surface area contributed by atoms with Gasteiger partial charge in [-0.3, -0.25) is 4.79 Å². The van der Waals surface area contributed by atoms with Gasteiger partial charge in [-0.2, -0.15) is 0 Å². The zero-order chi connectivity index (χ0) is 28.5. The third kappa shape index (κ3) is 7.00. The van der Waals surface area contributed by atoms with E-state index < -0.39 is 48.0 Å². The molecule has 2 aromatic carbocycles. The Hall–Kier alpha value is -3.78. The van der Waals surface area contributed by atoms with Crippen LogP contribution in [0.5, 0.6) is 17.2 Å². The summed E-state index contributed by atoms with van der Waals surface area (Å²) in [5.41, 5.74) is 1.53. The monoisotopic (exact) mass is 563 g/mol. The van der Waals surface area contributed by atoms with Gasteiger partial charge in [0.15, 0.2) is 17.8 Å². The molecule has 1 aliphatic carbocycles. The van der Waals surface area contributed by atoms with E-state index >= 15 is 0 Å². The molecule has 0 atom stereocenters. The Labute approximate surface area is 216 Å². The number of hydrogen-bond acceptors (Lipinski definition) is 6. The molecule has 0 spiro atoms. The maximum Gasteiger partial charge on any atom is 0.573 e. The van der Waals surface area contributed by atoms with Gasteiger partial charge in [0.1, 0.15) is 5.82 Å². The largest absolute Gasteiger partial charge is 0.573 e. The third-order valence-corrected chi connectivity index (χ3v) is 5.77. The van der Waals surface area contributed by atoms with E-state index in [9.17, 15) is 40.6 Å². The first-order valence-corrected chi connectivity index (χ1v) is 11.3. The van der Waals surface area contributed by atoms with Crippen LogP contribution in [0.1, 0.15) is 30.0 Å². The summed E-state index contributed by atoms with van der Waals surface area (Å²) in [5, 5.41) is 12.6. The molecule has 0 radical (unpaired) electrons. The van der Waals surface area contributed by atoms with Gasteiger partial charge < -0.3 is 29.4 Å². The highest BCUT2D eigenvalue weighted by Crippen LogP contribution is 2.46. The highest BCUT2D eigenvalue weighted by Gasteiger charge is 2.36. The standard InChI is InChI=1S/C25H20F7NO6/c1-12-16(6-13-7-19(38-24(27,28)29)23(35)20(8-13)39-25(30,31)32)15-3-2-14(26)9-18(15)17(12)10-21(34)33-11-22-36-4-5-37-22/h2-3,6-9,22,35H,4-5,10-11H2,1H3,(H,33,34). The van der Waals surface area contributed by atoms with Crippen molar-refractivity contribution in [3.63, 3.8) is 0 Å². The topological polar surface area (TPSA) is 86.3 Å². The number of ether oxygens (including phenoxy) is 4. The molecule has 1 heterocycles. The lowest BCUT2D eigenvalue weighted by molar-refractivity contribution is -0.277. The van der Waals surface area contributed by atoms with Gasteiger partial charge in [0.2, 0.25) is 11.7 Å². The smallest absolute Gasteiger partial charge is 0.502 e. The van der Waals surface area contributed by atoms with Gasteiger partial charge >= 0.3 is 12.7 Å². The van der Waals surface area contributed by atoms with Crippen LogP contribution in [-0.2, 0) is 14.3 Å². The molecular weight excluding hydrogens is 543 g/mol. The van der Waals surface area contributed by atoms with Crippen LogP contribution in [0.2, 0.25) is 0 Å². The van der Waals surface area contributed by atoms with Gasteiger partial charge in [-0.05, 0) is 70.7 Å². The number of alkyl halides is 6. The molecule has 14 heteroatoms. The predicted octanol–water partition coefficient (Wildman–Crippen LogP) is 5.54. The zero-order valence-electron chi connectivity index (χ0n) is 20.0. The van der Waals surface area contributed by atoms with Gasteiger partial charge in [-0.15, -0.1) is 26.3 Å². The fourth-order valence-corrected chi connectivity index (χ4v) is 4.18. The van der Waals surface area contributed by atoms with Gasteiger partial charge in [0, 0.05) is 0 Å². The number of nitrogens with one attached hydrogen (secondary N) is 1. The Morgan fingerprint density at radius 1 is 1.03 bits per heavy atom. The lowest BCUT2D eigenvalue weighted by atomic mass is 10.00. The number of phenolic OH excluding ortho intramolecular Hbond substituents is 1. The molecule has 2 aromatic rings. The summed E-state index contributed by atoms with van der Waals surface area (Å²) in [4.78, 5) is 12.6. The fourth-order valence-electron chi connectivity index (χ4n) is 4.18. The second-order valence-electron chi connectivity index (χ2n) is 8.46. The van der Waals surface area contributed by atoms with E-state index in [1.165, 1.54) is 18.2 Å². The van der Waals surface area contributed by atoms with Crippen molar-refractivity contribution in [2.45, 2.75) is 32.4 Å². The van der Waals surface area contributed by atoms with Crippen LogP contribution >= 0.6 is 0 Å². The molecule has 7 nitrogen and oxygen atoms in total. The highest BCUT2D eigenvalue weighted by molar-refractivity contribution is 6.08. The minimum absolute atomic E-state index is 0.0708. The van der Waals surface area contributed by atoms with Crippen molar-refractivity contribution < 1.29 is 59.6 Å². The van der Waals surface area contributed by atoms with Crippen molar-refractivity contribution in [2.24, 2.45) is 0 Å². The molecule has 210 valence electrons. The number of aromatic hydroxyl groups is 1. The second-order valence-corrected chi connectivity index (χ2v) is 8.46. The predicted molar refractivity (Wildman–Crippen MR) is 122 cm³/mol. The number of carbonyl (C=O) groups excluding carboxylic acids is 1. The number of allylic oxidation sites excluding steroid dienone is 2. The van der Waals surface area contributed by atoms with Crippen molar-refractivity contribution in [1.82, 2.24) is 5.32 Å². The number of amides is 1. The van der Waals surface area contributed by atoms with E-state index in [1.54, 1.807) is 6.92 Å². The fraction of sp³-hybridized carbons (Fsp3) is 0.320. The lowest BCUT2D eigenvalue weighted by Gasteiger charge is -2.16. The Morgan fingerprint density at radius 3 is 2.18 bits per heavy atom. The number of rotatable bonds is 7. The van der Waals surface area contributed by atoms with Gasteiger partial charge in [0.25, 0.3) is 0 Å². The summed E-state index contributed by atoms with van der Waals surface area (Å²) < 4.78 is 109. The first-order valence-electron chi connectivity index (χ1n) is 11.3. The van der Waals surface area contributed by atoms with Crippen molar-refractivity contribution in [3.8, 4) is 17.2 Å². The van der Waals surface area contributed by atoms with E-state index in [0.29, 0.717) is 47.6 Å². The Morgan fingerprint density at radius 2 is 1.62 bits per heavy atom. The summed E-state index contributed by atoms with van der Waals surface area (Å²) >= 11 is 0. The van der Waals surface area contributed by atoms with E-state index in [4.69, 9.17) is 9.47 Å². The quantitative estimate of drug-likeness (QED) is 0.431. The second kappa shape index (κ2) is 10.8. The van der Waals surface area contributed by atoms with Crippen molar-refractivity contribution in [3.05, 3.63) is 58.4 Å². The summed E-state index contributed by atoms with van der Waals surface area (Å²) in [6, 6.07) is 4.99. The summed E-state index contributed by atoms with van der Waals surface area (Å²) in [6.45, 7) is 2.40. The number of hydrogen-bond donors (Lipinski definition) is 2. The average Bonchev–Trinajstić information content (AvgIpc) is 3.42. The SMILES string of the molecule is CC1=C(CC(=O)NCC2OCCO2)c2cc(F)ccc2C1=Cc1cc(OC(F)(F)F)c(O)c(OC(F)(F)F)c1. The minimum Gasteiger partial charge on any atom is -0.502 e. The van der Waals surface area contributed by atoms with E-state index in [0.717, 1.165) is 6.07 Å². The van der Waals surface area contributed by atoms with Crippen LogP contribution in [0.15, 0.2) is 35.9 Å².